The van der Waals surface area contributed by atoms with Crippen LogP contribution in [-0.2, 0) is 28.3 Å². The topological polar surface area (TPSA) is 86.7 Å². The van der Waals surface area contributed by atoms with Gasteiger partial charge in [-0.25, -0.2) is 13.1 Å². The molecule has 45 heavy (non-hydrogen) atoms. The summed E-state index contributed by atoms with van der Waals surface area (Å²) < 4.78 is 30.2. The Kier molecular flexibility index (Phi) is 8.58. The molecule has 8 heteroatoms. The maximum atomic E-state index is 13.8. The van der Waals surface area contributed by atoms with Crippen molar-refractivity contribution in [1.82, 2.24) is 4.72 Å². The zero-order valence-corrected chi connectivity index (χ0v) is 28.0. The van der Waals surface area contributed by atoms with Crippen LogP contribution in [0.4, 0.5) is 5.69 Å². The van der Waals surface area contributed by atoms with E-state index in [2.05, 4.69) is 21.8 Å². The monoisotopic (exact) mass is 650 g/mol. The Morgan fingerprint density at radius 2 is 1.87 bits per heavy atom. The number of rotatable bonds is 2. The van der Waals surface area contributed by atoms with Gasteiger partial charge in [-0.3, -0.25) is 4.79 Å². The fourth-order valence-electron chi connectivity index (χ4n) is 9.01. The molecule has 6 nitrogen and oxygen atoms in total. The van der Waals surface area contributed by atoms with Gasteiger partial charge in [-0.1, -0.05) is 62.1 Å². The SMILES string of the molecule is C[C@@H]1C/C=C/[C@H](O)[C@@H]2CC[C@H]2CN2C[C@@]3(CCCc4cc(Cl)ccc43)CCc3ccc(cc32)C(=O)NS(=O)(=O)[C@@H]1CC1CCC1. The second-order valence-electron chi connectivity index (χ2n) is 14.8. The van der Waals surface area contributed by atoms with Crippen molar-refractivity contribution < 1.29 is 18.3 Å². The highest BCUT2D eigenvalue weighted by Crippen LogP contribution is 2.47. The van der Waals surface area contributed by atoms with Crippen LogP contribution in [0.3, 0.4) is 0 Å². The zero-order valence-electron chi connectivity index (χ0n) is 26.4. The van der Waals surface area contributed by atoms with Crippen LogP contribution in [0.15, 0.2) is 48.6 Å². The van der Waals surface area contributed by atoms with Gasteiger partial charge in [0.15, 0.2) is 0 Å². The van der Waals surface area contributed by atoms with Gasteiger partial charge >= 0.3 is 0 Å². The highest BCUT2D eigenvalue weighted by molar-refractivity contribution is 7.90. The highest BCUT2D eigenvalue weighted by atomic mass is 35.5. The van der Waals surface area contributed by atoms with Crippen molar-refractivity contribution in [2.75, 3.05) is 18.0 Å². The molecule has 2 N–H and O–H groups in total. The maximum absolute atomic E-state index is 13.8. The van der Waals surface area contributed by atoms with Crippen LogP contribution < -0.4 is 9.62 Å². The Labute approximate surface area is 273 Å². The predicted molar refractivity (Wildman–Crippen MR) is 180 cm³/mol. The third kappa shape index (κ3) is 6.09. The average molecular weight is 651 g/mol. The zero-order chi connectivity index (χ0) is 31.3. The molecule has 2 aliphatic heterocycles. The molecule has 242 valence electrons. The van der Waals surface area contributed by atoms with Gasteiger partial charge in [0, 0.05) is 34.8 Å². The summed E-state index contributed by atoms with van der Waals surface area (Å²) in [4.78, 5) is 16.2. The van der Waals surface area contributed by atoms with E-state index >= 15 is 0 Å². The fourth-order valence-corrected chi connectivity index (χ4v) is 11.0. The number of carbonyl (C=O) groups excluding carboxylic acids is 1. The van der Waals surface area contributed by atoms with Crippen molar-refractivity contribution in [2.24, 2.45) is 23.7 Å². The molecular formula is C37H47ClN2O4S. The number of amides is 1. The predicted octanol–water partition coefficient (Wildman–Crippen LogP) is 6.97. The Morgan fingerprint density at radius 3 is 2.62 bits per heavy atom. The second-order valence-corrected chi connectivity index (χ2v) is 17.2. The smallest absolute Gasteiger partial charge is 0.264 e. The van der Waals surface area contributed by atoms with Crippen molar-refractivity contribution in [1.29, 1.82) is 0 Å². The van der Waals surface area contributed by atoms with E-state index in [9.17, 15) is 18.3 Å². The summed E-state index contributed by atoms with van der Waals surface area (Å²) in [6.07, 6.45) is 14.9. The maximum Gasteiger partial charge on any atom is 0.264 e. The van der Waals surface area contributed by atoms with E-state index in [-0.39, 0.29) is 17.3 Å². The van der Waals surface area contributed by atoms with Gasteiger partial charge in [-0.15, -0.1) is 0 Å². The van der Waals surface area contributed by atoms with Crippen LogP contribution in [0.1, 0.15) is 98.2 Å². The molecule has 7 rings (SSSR count). The molecule has 3 aliphatic carbocycles. The minimum Gasteiger partial charge on any atom is -0.389 e. The van der Waals surface area contributed by atoms with Crippen LogP contribution in [0.25, 0.3) is 0 Å². The Morgan fingerprint density at radius 1 is 1.02 bits per heavy atom. The molecule has 1 amide bonds. The van der Waals surface area contributed by atoms with Crippen molar-refractivity contribution in [2.45, 2.75) is 101 Å². The molecule has 0 unspecified atom stereocenters. The second kappa shape index (κ2) is 12.4. The number of aliphatic hydroxyl groups excluding tert-OH is 1. The molecule has 6 atom stereocenters. The summed E-state index contributed by atoms with van der Waals surface area (Å²) in [5.41, 5.74) is 5.31. The van der Waals surface area contributed by atoms with Gasteiger partial charge in [-0.2, -0.15) is 0 Å². The van der Waals surface area contributed by atoms with Crippen molar-refractivity contribution in [3.8, 4) is 0 Å². The summed E-state index contributed by atoms with van der Waals surface area (Å²) in [5, 5.41) is 11.4. The molecule has 0 aromatic heterocycles. The first-order chi connectivity index (χ1) is 21.6. The first kappa shape index (κ1) is 31.3. The van der Waals surface area contributed by atoms with Crippen LogP contribution in [0.5, 0.6) is 0 Å². The summed E-state index contributed by atoms with van der Waals surface area (Å²) in [6.45, 7) is 3.59. The minimum absolute atomic E-state index is 0.0353. The van der Waals surface area contributed by atoms with Crippen molar-refractivity contribution >= 4 is 33.2 Å². The van der Waals surface area contributed by atoms with Gasteiger partial charge in [0.05, 0.1) is 11.4 Å². The van der Waals surface area contributed by atoms with E-state index < -0.39 is 27.3 Å². The molecule has 1 spiro atoms. The summed E-state index contributed by atoms with van der Waals surface area (Å²) >= 11 is 6.44. The number of nitrogens with one attached hydrogen (secondary N) is 1. The summed E-state index contributed by atoms with van der Waals surface area (Å²) in [6, 6.07) is 12.2. The fraction of sp³-hybridized carbons (Fsp3) is 0.595. The van der Waals surface area contributed by atoms with Gasteiger partial charge in [0.1, 0.15) is 0 Å². The largest absolute Gasteiger partial charge is 0.389 e. The Hall–Kier alpha value is -2.35. The molecular weight excluding hydrogens is 604 g/mol. The molecule has 2 aromatic rings. The number of allylic oxidation sites excluding steroid dienone is 1. The van der Waals surface area contributed by atoms with Gasteiger partial charge in [0.25, 0.3) is 5.91 Å². The van der Waals surface area contributed by atoms with Crippen LogP contribution in [0.2, 0.25) is 5.02 Å². The first-order valence-corrected chi connectivity index (χ1v) is 19.1. The minimum atomic E-state index is -3.91. The van der Waals surface area contributed by atoms with Crippen molar-refractivity contribution in [3.63, 3.8) is 0 Å². The first-order valence-electron chi connectivity index (χ1n) is 17.2. The molecule has 2 fully saturated rings. The number of benzene rings is 2. The number of fused-ring (bicyclic) bond motifs is 4. The number of halogens is 1. The number of aryl methyl sites for hydroxylation is 2. The number of hydrogen-bond acceptors (Lipinski definition) is 5. The third-order valence-electron chi connectivity index (χ3n) is 12.1. The third-order valence-corrected chi connectivity index (χ3v) is 14.2. The lowest BCUT2D eigenvalue weighted by Crippen LogP contribution is -2.48. The molecule has 0 radical (unpaired) electrons. The van der Waals surface area contributed by atoms with Crippen LogP contribution in [-0.4, -0.2) is 43.9 Å². The Bertz CT molecular complexity index is 1590. The average Bonchev–Trinajstić information content (AvgIpc) is 3.10. The lowest BCUT2D eigenvalue weighted by atomic mass is 9.66. The van der Waals surface area contributed by atoms with E-state index in [4.69, 9.17) is 11.6 Å². The van der Waals surface area contributed by atoms with Crippen LogP contribution in [0, 0.1) is 23.7 Å². The van der Waals surface area contributed by atoms with Gasteiger partial charge < -0.3 is 10.0 Å². The van der Waals surface area contributed by atoms with E-state index in [1.165, 1.54) is 16.7 Å². The molecule has 2 bridgehead atoms. The number of aliphatic hydroxyl groups is 1. The summed E-state index contributed by atoms with van der Waals surface area (Å²) in [5.74, 6) is 0.187. The lowest BCUT2D eigenvalue weighted by molar-refractivity contribution is 0.0456. The van der Waals surface area contributed by atoms with E-state index in [1.807, 2.05) is 37.3 Å². The summed E-state index contributed by atoms with van der Waals surface area (Å²) in [7, 11) is -3.91. The number of carbonyl (C=O) groups is 1. The number of sulfonamides is 1. The normalized spacial score (nSPS) is 34.0. The van der Waals surface area contributed by atoms with Gasteiger partial charge in [-0.05, 0) is 122 Å². The van der Waals surface area contributed by atoms with E-state index in [0.717, 1.165) is 88.0 Å². The number of nitrogens with zero attached hydrogens (tertiary/aromatic N) is 1. The van der Waals surface area contributed by atoms with Crippen LogP contribution >= 0.6 is 11.6 Å². The lowest BCUT2D eigenvalue weighted by Gasteiger charge is -2.46. The van der Waals surface area contributed by atoms with Gasteiger partial charge in [0.2, 0.25) is 10.0 Å². The molecule has 5 aliphatic rings. The number of anilines is 1. The van der Waals surface area contributed by atoms with E-state index in [1.54, 1.807) is 6.07 Å². The molecule has 2 heterocycles. The quantitative estimate of drug-likeness (QED) is 0.343. The van der Waals surface area contributed by atoms with E-state index in [0.29, 0.717) is 30.2 Å². The molecule has 2 aromatic carbocycles. The highest BCUT2D eigenvalue weighted by Gasteiger charge is 2.43. The Balaban J connectivity index is 1.27. The standard InChI is InChI=1S/C37H47ClN2O4S/c1-24-5-2-9-34(41)31-14-12-29(31)22-40-23-37(17-4-8-27-20-30(38)13-15-32(27)37)18-16-26-10-11-28(21-33(26)40)36(42)39-45(43,44)35(24)19-25-6-3-7-25/h2,9-11,13,15,20-21,24-25,29,31,34-35,41H,3-8,12,14,16-19,22-23H2,1H3,(H,39,42)/b9-2+/t24-,29+,31-,34+,35-,37-/m1/s1. The molecule has 2 saturated carbocycles. The molecule has 0 saturated heterocycles. The van der Waals surface area contributed by atoms with Crippen molar-refractivity contribution in [3.05, 3.63) is 75.8 Å². The number of hydrogen-bond donors (Lipinski definition) is 2.